The molecule has 1 aliphatic rings. The summed E-state index contributed by atoms with van der Waals surface area (Å²) < 4.78 is 0. The smallest absolute Gasteiger partial charge is 0.533 e. The minimum Gasteiger partial charge on any atom is -0.559 e. The van der Waals surface area contributed by atoms with Gasteiger partial charge in [-0.1, -0.05) is 4.94 Å². The molecule has 0 aliphatic carbocycles. The van der Waals surface area contributed by atoms with Gasteiger partial charge in [0.15, 0.2) is 0 Å². The van der Waals surface area contributed by atoms with Gasteiger partial charge in [-0.05, 0) is 4.92 Å². The van der Waals surface area contributed by atoms with Crippen molar-refractivity contribution in [2.45, 2.75) is 6.17 Å². The van der Waals surface area contributed by atoms with E-state index in [4.69, 9.17) is 0 Å². The highest BCUT2D eigenvalue weighted by molar-refractivity contribution is 5.77. The number of oxime groups is 1. The van der Waals surface area contributed by atoms with E-state index >= 15 is 0 Å². The molecule has 11 heteroatoms. The lowest BCUT2D eigenvalue weighted by Gasteiger charge is -2.20. The Labute approximate surface area is 69.3 Å². The Kier molecular flexibility index (Phi) is 1.83. The zero-order chi connectivity index (χ0) is 10.2. The third kappa shape index (κ3) is 1.37. The number of hydrogen-bond donors (Lipinski definition) is 1. The Balaban J connectivity index is 3.02. The molecule has 0 aromatic rings. The largest absolute Gasteiger partial charge is 0.559 e. The number of hydroxylamine groups is 2. The first-order valence-electron chi connectivity index (χ1n) is 2.79. The molecule has 1 rings (SSSR count). The second-order valence-electron chi connectivity index (χ2n) is 2.09. The van der Waals surface area contributed by atoms with Gasteiger partial charge in [0.25, 0.3) is 0 Å². The average Bonchev–Trinajstić information content (AvgIpc) is 2.24. The topological polar surface area (TPSA) is 157 Å². The third-order valence-corrected chi connectivity index (χ3v) is 1.22. The summed E-state index contributed by atoms with van der Waals surface area (Å²) >= 11 is 0. The zero-order valence-electron chi connectivity index (χ0n) is 5.89. The molecule has 0 aromatic carbocycles. The second kappa shape index (κ2) is 2.58. The van der Waals surface area contributed by atoms with Crippen LogP contribution < -0.4 is 5.84 Å². The van der Waals surface area contributed by atoms with Crippen molar-refractivity contribution in [3.05, 3.63) is 25.4 Å². The molecule has 11 nitrogen and oxygen atoms in total. The van der Waals surface area contributed by atoms with Gasteiger partial charge >= 0.3 is 12.0 Å². The fraction of sp³-hybridized carbons (Fsp3) is 0.500. The number of nitrogens with two attached hydrogens (primary N) is 1. The molecule has 0 bridgehead atoms. The van der Waals surface area contributed by atoms with Crippen LogP contribution in [0.5, 0.6) is 0 Å². The summed E-state index contributed by atoms with van der Waals surface area (Å²) in [4.78, 5) is 19.2. The van der Waals surface area contributed by atoms with Crippen LogP contribution in [0.25, 0.3) is 0 Å². The normalized spacial score (nSPS) is 32.2. The van der Waals surface area contributed by atoms with Crippen LogP contribution in [0.4, 0.5) is 0 Å². The van der Waals surface area contributed by atoms with Crippen LogP contribution in [0.15, 0.2) is 5.16 Å². The highest BCUT2D eigenvalue weighted by atomic mass is 17.0. The molecular weight excluding hydrogens is 190 g/mol. The summed E-state index contributed by atoms with van der Waals surface area (Å²) in [6.45, 7) is 0. The summed E-state index contributed by atoms with van der Waals surface area (Å²) in [7, 11) is 0. The number of nitrogens with zero attached hydrogens (tertiary/aromatic N) is 4. The first-order valence-corrected chi connectivity index (χ1v) is 2.79. The molecule has 2 atom stereocenters. The van der Waals surface area contributed by atoms with Gasteiger partial charge in [0.1, 0.15) is 4.92 Å². The Morgan fingerprint density at radius 3 is 2.38 bits per heavy atom. The summed E-state index contributed by atoms with van der Waals surface area (Å²) in [5.74, 6) is 3.43. The molecule has 0 saturated carbocycles. The van der Waals surface area contributed by atoms with Crippen molar-refractivity contribution in [3.8, 4) is 0 Å². The molecular formula is C2H3N5O6. The molecule has 0 aromatic heterocycles. The number of quaternary nitrogens is 1. The van der Waals surface area contributed by atoms with Gasteiger partial charge in [0.2, 0.25) is 5.16 Å². The number of rotatable bonds is 1. The molecule has 0 spiro atoms. The lowest BCUT2D eigenvalue weighted by Crippen LogP contribution is -2.59. The minimum atomic E-state index is -2.36. The van der Waals surface area contributed by atoms with E-state index in [0.29, 0.717) is 0 Å². The van der Waals surface area contributed by atoms with Crippen LogP contribution in [-0.2, 0) is 4.94 Å². The molecule has 1 aliphatic heterocycles. The van der Waals surface area contributed by atoms with Crippen molar-refractivity contribution < 1.29 is 19.7 Å². The average molecular weight is 193 g/mol. The van der Waals surface area contributed by atoms with Crippen LogP contribution in [0, 0.1) is 25.4 Å². The third-order valence-electron chi connectivity index (χ3n) is 1.22. The van der Waals surface area contributed by atoms with E-state index in [2.05, 4.69) is 15.9 Å². The standard InChI is InChI=1S/C2H3N5O6/c3-7(12)2(6(10)11)1(4-13-7)5(8)9/h2H,3H2. The molecule has 13 heavy (non-hydrogen) atoms. The fourth-order valence-electron chi connectivity index (χ4n) is 0.712. The highest BCUT2D eigenvalue weighted by Crippen LogP contribution is 2.17. The van der Waals surface area contributed by atoms with Crippen molar-refractivity contribution in [1.29, 1.82) is 0 Å². The van der Waals surface area contributed by atoms with Crippen LogP contribution >= 0.6 is 0 Å². The minimum absolute atomic E-state index is 1.20. The molecule has 1 heterocycles. The predicted octanol–water partition coefficient (Wildman–Crippen LogP) is -1.69. The lowest BCUT2D eigenvalue weighted by molar-refractivity contribution is -1.13. The van der Waals surface area contributed by atoms with E-state index in [1.165, 1.54) is 0 Å². The molecule has 0 fully saturated rings. The van der Waals surface area contributed by atoms with Crippen molar-refractivity contribution >= 4 is 5.84 Å². The van der Waals surface area contributed by atoms with E-state index in [0.717, 1.165) is 0 Å². The van der Waals surface area contributed by atoms with Crippen LogP contribution in [0.2, 0.25) is 0 Å². The molecule has 72 valence electrons. The Bertz CT molecular complexity index is 295. The Morgan fingerprint density at radius 2 is 2.08 bits per heavy atom. The molecule has 2 unspecified atom stereocenters. The van der Waals surface area contributed by atoms with Crippen LogP contribution in [0.3, 0.4) is 0 Å². The van der Waals surface area contributed by atoms with Gasteiger partial charge in [-0.15, -0.1) is 5.84 Å². The van der Waals surface area contributed by atoms with Gasteiger partial charge in [-0.2, -0.15) is 0 Å². The van der Waals surface area contributed by atoms with Gasteiger partial charge in [-0.25, -0.2) is 0 Å². The van der Waals surface area contributed by atoms with Gasteiger partial charge < -0.3 is 15.3 Å². The van der Waals surface area contributed by atoms with E-state index < -0.39 is 26.8 Å². The second-order valence-corrected chi connectivity index (χ2v) is 2.09. The first-order chi connectivity index (χ1) is 5.86. The maximum atomic E-state index is 10.8. The lowest BCUT2D eigenvalue weighted by atomic mass is 10.5. The molecule has 0 saturated heterocycles. The van der Waals surface area contributed by atoms with Crippen molar-refractivity contribution in [2.75, 3.05) is 0 Å². The molecule has 2 N–H and O–H groups in total. The van der Waals surface area contributed by atoms with Crippen molar-refractivity contribution in [1.82, 2.24) is 0 Å². The van der Waals surface area contributed by atoms with Crippen molar-refractivity contribution in [2.24, 2.45) is 11.0 Å². The monoisotopic (exact) mass is 193 g/mol. The van der Waals surface area contributed by atoms with Gasteiger partial charge in [-0.3, -0.25) is 10.1 Å². The van der Waals surface area contributed by atoms with Gasteiger partial charge in [0.05, 0.1) is 0 Å². The van der Waals surface area contributed by atoms with E-state index in [1.54, 1.807) is 0 Å². The fourth-order valence-corrected chi connectivity index (χ4v) is 0.712. The molecule has 0 radical (unpaired) electrons. The van der Waals surface area contributed by atoms with Crippen molar-refractivity contribution in [3.63, 3.8) is 0 Å². The van der Waals surface area contributed by atoms with E-state index in [1.807, 2.05) is 0 Å². The number of hydrogen-bond acceptors (Lipinski definition) is 8. The van der Waals surface area contributed by atoms with Crippen LogP contribution in [0.1, 0.15) is 0 Å². The summed E-state index contributed by atoms with van der Waals surface area (Å²) in [5.41, 5.74) is 0. The Morgan fingerprint density at radius 1 is 1.54 bits per heavy atom. The maximum absolute atomic E-state index is 10.8. The van der Waals surface area contributed by atoms with Crippen LogP contribution in [-0.4, -0.2) is 26.8 Å². The summed E-state index contributed by atoms with van der Waals surface area (Å²) in [5, 5.41) is 33.7. The first kappa shape index (κ1) is 9.24. The van der Waals surface area contributed by atoms with E-state index in [-0.39, 0.29) is 0 Å². The SMILES string of the molecule is N[N+]1([O-])ON=C([N+](=O)[O-])C1[N+](=O)[O-]. The van der Waals surface area contributed by atoms with Gasteiger partial charge in [0, 0.05) is 4.92 Å². The van der Waals surface area contributed by atoms with E-state index in [9.17, 15) is 25.4 Å². The predicted molar refractivity (Wildman–Crippen MR) is 34.1 cm³/mol. The summed E-state index contributed by atoms with van der Waals surface area (Å²) in [6, 6.07) is 0. The quantitative estimate of drug-likeness (QED) is 0.171. The summed E-state index contributed by atoms with van der Waals surface area (Å²) in [6.07, 6.45) is -2.35. The zero-order valence-corrected chi connectivity index (χ0v) is 5.89. The maximum Gasteiger partial charge on any atom is 0.533 e. The highest BCUT2D eigenvalue weighted by Gasteiger charge is 2.61. The number of amidine groups is 1. The Hall–Kier alpha value is -1.85. The molecule has 0 amide bonds. The number of nitro groups is 2.